The summed E-state index contributed by atoms with van der Waals surface area (Å²) in [7, 11) is 0. The van der Waals surface area contributed by atoms with Gasteiger partial charge in [-0.1, -0.05) is 0 Å². The molecule has 1 unspecified atom stereocenters. The van der Waals surface area contributed by atoms with Crippen LogP contribution in [0.4, 0.5) is 22.0 Å². The van der Waals surface area contributed by atoms with Gasteiger partial charge in [0.2, 0.25) is 0 Å². The molecule has 0 N–H and O–H groups in total. The van der Waals surface area contributed by atoms with Gasteiger partial charge in [-0.15, -0.1) is 0 Å². The zero-order valence-corrected chi connectivity index (χ0v) is 7.43. The Labute approximate surface area is 73.4 Å². The maximum Gasteiger partial charge on any atom is 0.454 e. The Bertz CT molecular complexity index is 221. The quantitative estimate of drug-likeness (QED) is 0.531. The molecule has 0 rings (SSSR count). The van der Waals surface area contributed by atoms with Crippen molar-refractivity contribution in [2.24, 2.45) is 0 Å². The molecule has 0 aromatic rings. The lowest BCUT2D eigenvalue weighted by atomic mass is 10.1. The topological polar surface area (TPSA) is 40.1 Å². The predicted molar refractivity (Wildman–Crippen MR) is 34.0 cm³/mol. The number of hydrogen-bond acceptors (Lipinski definition) is 2. The van der Waals surface area contributed by atoms with Crippen LogP contribution in [0.25, 0.3) is 0 Å². The Morgan fingerprint density at radius 2 is 1.38 bits per heavy atom. The van der Waals surface area contributed by atoms with Gasteiger partial charge in [0.15, 0.2) is 0 Å². The summed E-state index contributed by atoms with van der Waals surface area (Å²) in [5, 5.41) is 0. The third kappa shape index (κ3) is 1.98. The van der Waals surface area contributed by atoms with E-state index in [0.717, 1.165) is 0 Å². The maximum atomic E-state index is 12.4. The fourth-order valence-corrected chi connectivity index (χ4v) is 0.771. The van der Waals surface area contributed by atoms with Crippen molar-refractivity contribution in [1.29, 1.82) is 0 Å². The highest BCUT2D eigenvalue weighted by Gasteiger charge is 2.67. The van der Waals surface area contributed by atoms with Crippen LogP contribution in [-0.2, 0) is 11.1 Å². The van der Waals surface area contributed by atoms with Crippen LogP contribution in [0.3, 0.4) is 0 Å². The molecule has 0 saturated heterocycles. The molecule has 0 radical (unpaired) electrons. The molecule has 13 heavy (non-hydrogen) atoms. The number of rotatable bonds is 2. The van der Waals surface area contributed by atoms with Crippen LogP contribution in [0.15, 0.2) is 0 Å². The summed E-state index contributed by atoms with van der Waals surface area (Å²) in [5.74, 6) is -5.26. The second-order valence-electron chi connectivity index (χ2n) is 2.82. The molecule has 0 fully saturated rings. The number of halogens is 5. The van der Waals surface area contributed by atoms with Gasteiger partial charge in [-0.25, -0.2) is 0 Å². The molecule has 0 amide bonds. The van der Waals surface area contributed by atoms with Crippen molar-refractivity contribution in [3.05, 3.63) is 0 Å². The second kappa shape index (κ2) is 3.16. The van der Waals surface area contributed by atoms with Gasteiger partial charge in [0.25, 0.3) is 0 Å². The molecule has 0 saturated carbocycles. The monoisotopic (exact) mass is 225 g/mol. The minimum Gasteiger partial charge on any atom is -0.772 e. The lowest BCUT2D eigenvalue weighted by molar-refractivity contribution is -0.292. The van der Waals surface area contributed by atoms with E-state index in [9.17, 15) is 30.7 Å². The average molecular weight is 225 g/mol. The minimum atomic E-state index is -5.86. The Balaban J connectivity index is 5.16. The SMILES string of the molecule is CC(C)(S(=O)[O-])C(F)(F)C(F)(F)F. The van der Waals surface area contributed by atoms with Gasteiger partial charge in [-0.3, -0.25) is 4.21 Å². The van der Waals surface area contributed by atoms with Crippen molar-refractivity contribution < 1.29 is 30.7 Å². The molecule has 0 heterocycles. The predicted octanol–water partition coefficient (Wildman–Crippen LogP) is 1.84. The van der Waals surface area contributed by atoms with E-state index in [1.165, 1.54) is 0 Å². The molecule has 0 aliphatic carbocycles. The van der Waals surface area contributed by atoms with Crippen LogP contribution in [0.5, 0.6) is 0 Å². The van der Waals surface area contributed by atoms with Crippen LogP contribution in [0.1, 0.15) is 13.8 Å². The fourth-order valence-electron chi connectivity index (χ4n) is 0.446. The number of alkyl halides is 5. The molecule has 0 bridgehead atoms. The summed E-state index contributed by atoms with van der Waals surface area (Å²) >= 11 is -3.51. The lowest BCUT2D eigenvalue weighted by Gasteiger charge is -2.36. The summed E-state index contributed by atoms with van der Waals surface area (Å²) in [4.78, 5) is 0. The van der Waals surface area contributed by atoms with Crippen LogP contribution >= 0.6 is 0 Å². The molecule has 0 aliphatic rings. The van der Waals surface area contributed by atoms with Gasteiger partial charge in [-0.05, 0) is 24.9 Å². The van der Waals surface area contributed by atoms with Crippen molar-refractivity contribution in [2.75, 3.05) is 0 Å². The van der Waals surface area contributed by atoms with Crippen molar-refractivity contribution >= 4 is 11.1 Å². The van der Waals surface area contributed by atoms with Crippen molar-refractivity contribution in [1.82, 2.24) is 0 Å². The van der Waals surface area contributed by atoms with Gasteiger partial charge < -0.3 is 4.55 Å². The summed E-state index contributed by atoms with van der Waals surface area (Å²) in [6.07, 6.45) is -5.86. The summed E-state index contributed by atoms with van der Waals surface area (Å²) < 4.78 is 77.0. The molecule has 0 aliphatic heterocycles. The van der Waals surface area contributed by atoms with E-state index < -0.39 is 27.9 Å². The Morgan fingerprint density at radius 1 is 1.08 bits per heavy atom. The molecule has 1 atom stereocenters. The largest absolute Gasteiger partial charge is 0.772 e. The van der Waals surface area contributed by atoms with Gasteiger partial charge in [0.05, 0.1) is 4.75 Å². The van der Waals surface area contributed by atoms with Crippen LogP contribution < -0.4 is 0 Å². The lowest BCUT2D eigenvalue weighted by Crippen LogP contribution is -2.55. The van der Waals surface area contributed by atoms with E-state index >= 15 is 0 Å². The van der Waals surface area contributed by atoms with E-state index in [-0.39, 0.29) is 0 Å². The molecule has 0 spiro atoms. The summed E-state index contributed by atoms with van der Waals surface area (Å²) in [5.41, 5.74) is 0. The molecule has 0 aromatic heterocycles. The maximum absolute atomic E-state index is 12.4. The molecule has 0 aromatic carbocycles. The summed E-state index contributed by atoms with van der Waals surface area (Å²) in [6, 6.07) is 0. The Hall–Kier alpha value is -0.240. The standard InChI is InChI=1S/C5H7F5O2S/c1-3(2,13(11)12)4(6,7)5(8,9)10/h1-2H3,(H,11,12)/p-1. The highest BCUT2D eigenvalue weighted by molar-refractivity contribution is 7.80. The van der Waals surface area contributed by atoms with E-state index in [1.54, 1.807) is 0 Å². The second-order valence-corrected chi connectivity index (χ2v) is 4.31. The van der Waals surface area contributed by atoms with Gasteiger partial charge in [0.1, 0.15) is 0 Å². The van der Waals surface area contributed by atoms with E-state index in [4.69, 9.17) is 0 Å². The normalized spacial score (nSPS) is 17.2. The molecule has 80 valence electrons. The first-order valence-corrected chi connectivity index (χ1v) is 4.06. The van der Waals surface area contributed by atoms with E-state index in [1.807, 2.05) is 0 Å². The van der Waals surface area contributed by atoms with Crippen molar-refractivity contribution in [3.8, 4) is 0 Å². The first-order valence-electron chi connectivity index (χ1n) is 2.98. The van der Waals surface area contributed by atoms with Crippen LogP contribution in [0.2, 0.25) is 0 Å². The zero-order chi connectivity index (χ0) is 11.1. The zero-order valence-electron chi connectivity index (χ0n) is 6.61. The van der Waals surface area contributed by atoms with Gasteiger partial charge in [0, 0.05) is 0 Å². The van der Waals surface area contributed by atoms with Crippen molar-refractivity contribution in [2.45, 2.75) is 30.7 Å². The van der Waals surface area contributed by atoms with Crippen molar-refractivity contribution in [3.63, 3.8) is 0 Å². The van der Waals surface area contributed by atoms with E-state index in [0.29, 0.717) is 13.8 Å². The van der Waals surface area contributed by atoms with Gasteiger partial charge in [-0.2, -0.15) is 22.0 Å². The molecular weight excluding hydrogens is 219 g/mol. The van der Waals surface area contributed by atoms with Crippen LogP contribution in [-0.4, -0.2) is 25.6 Å². The average Bonchev–Trinajstić information content (AvgIpc) is 1.84. The Kier molecular flexibility index (Phi) is 3.10. The first-order chi connectivity index (χ1) is 5.44. The third-order valence-corrected chi connectivity index (χ3v) is 2.62. The van der Waals surface area contributed by atoms with Crippen LogP contribution in [0, 0.1) is 0 Å². The van der Waals surface area contributed by atoms with E-state index in [2.05, 4.69) is 0 Å². The highest BCUT2D eigenvalue weighted by atomic mass is 32.2. The Morgan fingerprint density at radius 3 is 1.46 bits per heavy atom. The highest BCUT2D eigenvalue weighted by Crippen LogP contribution is 2.45. The first kappa shape index (κ1) is 12.8. The summed E-state index contributed by atoms with van der Waals surface area (Å²) in [6.45, 7) is 0.618. The molecule has 8 heteroatoms. The molecular formula is C5H6F5O2S-. The smallest absolute Gasteiger partial charge is 0.454 e. The molecule has 2 nitrogen and oxygen atoms in total. The third-order valence-electron chi connectivity index (χ3n) is 1.53. The fraction of sp³-hybridized carbons (Fsp3) is 1.00. The number of hydrogen-bond donors (Lipinski definition) is 0. The minimum absolute atomic E-state index is 0.309. The van der Waals surface area contributed by atoms with Gasteiger partial charge >= 0.3 is 12.1 Å².